The lowest BCUT2D eigenvalue weighted by molar-refractivity contribution is 0.630. The van der Waals surface area contributed by atoms with Gasteiger partial charge in [0.25, 0.3) is 0 Å². The van der Waals surface area contributed by atoms with Crippen molar-refractivity contribution in [2.24, 2.45) is 0 Å². The van der Waals surface area contributed by atoms with Gasteiger partial charge in [-0.3, -0.25) is 0 Å². The zero-order chi connectivity index (χ0) is 14.0. The Morgan fingerprint density at radius 1 is 1.21 bits per heavy atom. The van der Waals surface area contributed by atoms with Gasteiger partial charge in [-0.25, -0.2) is 4.39 Å². The van der Waals surface area contributed by atoms with E-state index in [1.54, 1.807) is 12.1 Å². The Bertz CT molecular complexity index is 613. The zero-order valence-corrected chi connectivity index (χ0v) is 13.1. The van der Waals surface area contributed by atoms with E-state index in [-0.39, 0.29) is 10.8 Å². The molecule has 0 spiro atoms. The highest BCUT2D eigenvalue weighted by molar-refractivity contribution is 9.10. The van der Waals surface area contributed by atoms with Crippen LogP contribution in [0.15, 0.2) is 34.8 Å². The maximum absolute atomic E-state index is 14.3. The first kappa shape index (κ1) is 14.5. The molecule has 1 nitrogen and oxygen atoms in total. The molecule has 1 N–H and O–H groups in total. The van der Waals surface area contributed by atoms with Gasteiger partial charge < -0.3 is 5.32 Å². The lowest BCUT2D eigenvalue weighted by Gasteiger charge is -2.11. The molecule has 100 valence electrons. The van der Waals surface area contributed by atoms with Gasteiger partial charge >= 0.3 is 0 Å². The second-order valence-electron chi connectivity index (χ2n) is 4.40. The minimum absolute atomic E-state index is 0.121. The molecule has 0 aromatic heterocycles. The molecule has 0 heterocycles. The lowest BCUT2D eigenvalue weighted by atomic mass is 9.97. The van der Waals surface area contributed by atoms with Gasteiger partial charge in [-0.15, -0.1) is 0 Å². The molecular formula is C15H14BrClFN. The monoisotopic (exact) mass is 341 g/mol. The van der Waals surface area contributed by atoms with Crippen LogP contribution in [0.1, 0.15) is 11.1 Å². The van der Waals surface area contributed by atoms with Crippen LogP contribution in [0.4, 0.5) is 4.39 Å². The van der Waals surface area contributed by atoms with E-state index in [0.717, 1.165) is 23.2 Å². The number of hydrogen-bond acceptors (Lipinski definition) is 1. The molecule has 19 heavy (non-hydrogen) atoms. The van der Waals surface area contributed by atoms with Crippen LogP contribution >= 0.6 is 27.5 Å². The molecule has 0 saturated heterocycles. The van der Waals surface area contributed by atoms with Crippen LogP contribution in [0.3, 0.4) is 0 Å². The van der Waals surface area contributed by atoms with Gasteiger partial charge in [0.15, 0.2) is 5.82 Å². The maximum Gasteiger partial charge on any atom is 0.150 e. The fraction of sp³-hybridized carbons (Fsp3) is 0.200. The molecule has 0 atom stereocenters. The van der Waals surface area contributed by atoms with Crippen LogP contribution in [0.5, 0.6) is 0 Å². The molecule has 0 bridgehead atoms. The Hall–Kier alpha value is -0.900. The Kier molecular flexibility index (Phi) is 4.61. The van der Waals surface area contributed by atoms with Crippen LogP contribution in [0.25, 0.3) is 11.1 Å². The van der Waals surface area contributed by atoms with Crippen molar-refractivity contribution < 1.29 is 4.39 Å². The Morgan fingerprint density at radius 3 is 2.63 bits per heavy atom. The number of halogens is 3. The van der Waals surface area contributed by atoms with Gasteiger partial charge in [0.1, 0.15) is 0 Å². The molecule has 0 fully saturated rings. The van der Waals surface area contributed by atoms with Crippen molar-refractivity contribution in [3.8, 4) is 11.1 Å². The van der Waals surface area contributed by atoms with Crippen LogP contribution in [-0.2, 0) is 6.54 Å². The molecule has 2 aromatic rings. The Morgan fingerprint density at radius 2 is 1.95 bits per heavy atom. The summed E-state index contributed by atoms with van der Waals surface area (Å²) in [5, 5.41) is 3.21. The first-order chi connectivity index (χ1) is 9.04. The molecular weight excluding hydrogens is 329 g/mol. The van der Waals surface area contributed by atoms with E-state index >= 15 is 0 Å². The van der Waals surface area contributed by atoms with Crippen LogP contribution in [-0.4, -0.2) is 7.05 Å². The average molecular weight is 343 g/mol. The Labute approximate surface area is 125 Å². The molecule has 0 aliphatic carbocycles. The standard InChI is InChI=1S/C15H14BrClFN/c1-9-3-4-10(8-19-2)7-12(9)11-5-6-13(16)14(17)15(11)18/h3-7,19H,8H2,1-2H3. The van der Waals surface area contributed by atoms with Crippen molar-refractivity contribution in [1.82, 2.24) is 5.32 Å². The third-order valence-corrected chi connectivity index (χ3v) is 4.27. The van der Waals surface area contributed by atoms with Crippen molar-refractivity contribution >= 4 is 27.5 Å². The molecule has 0 saturated carbocycles. The summed E-state index contributed by atoms with van der Waals surface area (Å²) >= 11 is 9.18. The van der Waals surface area contributed by atoms with Gasteiger partial charge in [0.05, 0.1) is 5.02 Å². The summed E-state index contributed by atoms with van der Waals surface area (Å²) in [5.74, 6) is -0.388. The second-order valence-corrected chi connectivity index (χ2v) is 5.63. The quantitative estimate of drug-likeness (QED) is 0.779. The second kappa shape index (κ2) is 6.04. The van der Waals surface area contributed by atoms with E-state index < -0.39 is 0 Å². The van der Waals surface area contributed by atoms with Gasteiger partial charge in [-0.05, 0) is 58.7 Å². The van der Waals surface area contributed by atoms with Crippen molar-refractivity contribution in [1.29, 1.82) is 0 Å². The van der Waals surface area contributed by atoms with E-state index in [1.165, 1.54) is 0 Å². The molecule has 0 aliphatic heterocycles. The third-order valence-electron chi connectivity index (χ3n) is 3.01. The van der Waals surface area contributed by atoms with E-state index in [1.807, 2.05) is 32.2 Å². The summed E-state index contributed by atoms with van der Waals surface area (Å²) in [6, 6.07) is 9.54. The SMILES string of the molecule is CNCc1ccc(C)c(-c2ccc(Br)c(Cl)c2F)c1. The van der Waals surface area contributed by atoms with Crippen LogP contribution in [0, 0.1) is 12.7 Å². The van der Waals surface area contributed by atoms with Crippen LogP contribution < -0.4 is 5.32 Å². The third kappa shape index (κ3) is 2.99. The first-order valence-electron chi connectivity index (χ1n) is 5.92. The summed E-state index contributed by atoms with van der Waals surface area (Å²) in [6.45, 7) is 2.72. The maximum atomic E-state index is 14.3. The average Bonchev–Trinajstić information content (AvgIpc) is 2.39. The van der Waals surface area contributed by atoms with Crippen molar-refractivity contribution in [2.75, 3.05) is 7.05 Å². The van der Waals surface area contributed by atoms with Crippen molar-refractivity contribution in [3.63, 3.8) is 0 Å². The van der Waals surface area contributed by atoms with Gasteiger partial charge in [0.2, 0.25) is 0 Å². The predicted octanol–water partition coefficient (Wildman–Crippen LogP) is 4.94. The molecule has 0 aliphatic rings. The summed E-state index contributed by atoms with van der Waals surface area (Å²) in [7, 11) is 1.89. The molecule has 0 radical (unpaired) electrons. The fourth-order valence-corrected chi connectivity index (χ4v) is 2.48. The molecule has 4 heteroatoms. The van der Waals surface area contributed by atoms with Crippen LogP contribution in [0.2, 0.25) is 5.02 Å². The van der Waals surface area contributed by atoms with Gasteiger partial charge in [-0.2, -0.15) is 0 Å². The largest absolute Gasteiger partial charge is 0.316 e. The number of nitrogens with one attached hydrogen (secondary N) is 1. The minimum atomic E-state index is -0.388. The van der Waals surface area contributed by atoms with E-state index in [4.69, 9.17) is 11.6 Å². The van der Waals surface area contributed by atoms with E-state index in [9.17, 15) is 4.39 Å². The van der Waals surface area contributed by atoms with Crippen molar-refractivity contribution in [3.05, 3.63) is 56.8 Å². The number of aryl methyl sites for hydroxylation is 1. The molecule has 0 amide bonds. The van der Waals surface area contributed by atoms with E-state index in [0.29, 0.717) is 10.0 Å². The highest BCUT2D eigenvalue weighted by atomic mass is 79.9. The smallest absolute Gasteiger partial charge is 0.150 e. The number of benzene rings is 2. The lowest BCUT2D eigenvalue weighted by Crippen LogP contribution is -2.05. The summed E-state index contributed by atoms with van der Waals surface area (Å²) in [5.41, 5.74) is 3.54. The topological polar surface area (TPSA) is 12.0 Å². The number of hydrogen-bond donors (Lipinski definition) is 1. The summed E-state index contributed by atoms with van der Waals surface area (Å²) in [6.07, 6.45) is 0. The minimum Gasteiger partial charge on any atom is -0.316 e. The fourth-order valence-electron chi connectivity index (χ4n) is 2.01. The molecule has 2 rings (SSSR count). The predicted molar refractivity (Wildman–Crippen MR) is 82.0 cm³/mol. The first-order valence-corrected chi connectivity index (χ1v) is 7.09. The zero-order valence-electron chi connectivity index (χ0n) is 10.7. The highest BCUT2D eigenvalue weighted by Gasteiger charge is 2.13. The summed E-state index contributed by atoms with van der Waals surface area (Å²) < 4.78 is 14.8. The summed E-state index contributed by atoms with van der Waals surface area (Å²) in [4.78, 5) is 0. The molecule has 0 unspecified atom stereocenters. The van der Waals surface area contributed by atoms with Gasteiger partial charge in [-0.1, -0.05) is 29.8 Å². The highest BCUT2D eigenvalue weighted by Crippen LogP contribution is 2.34. The molecule has 2 aromatic carbocycles. The van der Waals surface area contributed by atoms with Crippen molar-refractivity contribution in [2.45, 2.75) is 13.5 Å². The normalized spacial score (nSPS) is 10.8. The van der Waals surface area contributed by atoms with E-state index in [2.05, 4.69) is 21.2 Å². The van der Waals surface area contributed by atoms with Gasteiger partial charge in [0, 0.05) is 16.6 Å². The Balaban J connectivity index is 2.58. The number of rotatable bonds is 3.